The van der Waals surface area contributed by atoms with Crippen molar-refractivity contribution in [3.8, 4) is 0 Å². The van der Waals surface area contributed by atoms with Gasteiger partial charge in [0.05, 0.1) is 12.1 Å². The fourth-order valence-corrected chi connectivity index (χ4v) is 4.06. The standard InChI is InChI=1S/C24H32N4O2/c1-17(2)15-20(25)24(30)28-14-8-12-22(28)23(29)27-21(18-9-4-3-5-10-18)16-19-11-6-7-13-26-19/h3-7,9-11,13,17,20-22H,8,12,14-16,25H2,1-2H3,(H,27,29)/t20?,21-,22?/m0/s1. The van der Waals surface area contributed by atoms with E-state index in [1.165, 1.54) is 0 Å². The summed E-state index contributed by atoms with van der Waals surface area (Å²) < 4.78 is 0. The third kappa shape index (κ3) is 5.66. The lowest BCUT2D eigenvalue weighted by Gasteiger charge is -2.29. The van der Waals surface area contributed by atoms with Gasteiger partial charge in [-0.2, -0.15) is 0 Å². The Hall–Kier alpha value is -2.73. The Bertz CT molecular complexity index is 826. The molecular formula is C24H32N4O2. The average Bonchev–Trinajstić information content (AvgIpc) is 3.23. The van der Waals surface area contributed by atoms with E-state index in [2.05, 4.69) is 10.3 Å². The Morgan fingerprint density at radius 2 is 1.90 bits per heavy atom. The van der Waals surface area contributed by atoms with Gasteiger partial charge in [0.15, 0.2) is 0 Å². The zero-order valence-electron chi connectivity index (χ0n) is 17.8. The lowest BCUT2D eigenvalue weighted by Crippen LogP contribution is -2.52. The van der Waals surface area contributed by atoms with Crippen molar-refractivity contribution in [3.05, 3.63) is 66.0 Å². The maximum atomic E-state index is 13.2. The molecule has 2 amide bonds. The van der Waals surface area contributed by atoms with E-state index < -0.39 is 12.1 Å². The number of likely N-dealkylation sites (tertiary alicyclic amines) is 1. The van der Waals surface area contributed by atoms with E-state index in [9.17, 15) is 9.59 Å². The van der Waals surface area contributed by atoms with Gasteiger partial charge in [0.25, 0.3) is 0 Å². The predicted octanol–water partition coefficient (Wildman–Crippen LogP) is 2.85. The molecule has 1 fully saturated rings. The molecule has 0 bridgehead atoms. The summed E-state index contributed by atoms with van der Waals surface area (Å²) in [4.78, 5) is 32.1. The maximum absolute atomic E-state index is 13.2. The maximum Gasteiger partial charge on any atom is 0.243 e. The van der Waals surface area contributed by atoms with Gasteiger partial charge in [0.2, 0.25) is 11.8 Å². The fourth-order valence-electron chi connectivity index (χ4n) is 4.06. The van der Waals surface area contributed by atoms with Crippen molar-refractivity contribution >= 4 is 11.8 Å². The molecule has 3 rings (SSSR count). The Morgan fingerprint density at radius 3 is 2.57 bits per heavy atom. The van der Waals surface area contributed by atoms with Crippen molar-refractivity contribution in [2.24, 2.45) is 11.7 Å². The molecule has 0 spiro atoms. The van der Waals surface area contributed by atoms with Crippen LogP contribution in [0.5, 0.6) is 0 Å². The molecule has 2 heterocycles. The third-order valence-electron chi connectivity index (χ3n) is 5.54. The molecule has 3 atom stereocenters. The third-order valence-corrected chi connectivity index (χ3v) is 5.54. The quantitative estimate of drug-likeness (QED) is 0.703. The van der Waals surface area contributed by atoms with Crippen LogP contribution in [-0.2, 0) is 16.0 Å². The highest BCUT2D eigenvalue weighted by atomic mass is 16.2. The predicted molar refractivity (Wildman–Crippen MR) is 117 cm³/mol. The molecule has 3 N–H and O–H groups in total. The zero-order valence-corrected chi connectivity index (χ0v) is 17.8. The van der Waals surface area contributed by atoms with Gasteiger partial charge < -0.3 is 16.0 Å². The highest BCUT2D eigenvalue weighted by Crippen LogP contribution is 2.23. The van der Waals surface area contributed by atoms with Gasteiger partial charge >= 0.3 is 0 Å². The summed E-state index contributed by atoms with van der Waals surface area (Å²) >= 11 is 0. The van der Waals surface area contributed by atoms with Crippen LogP contribution in [0.4, 0.5) is 0 Å². The first-order valence-electron chi connectivity index (χ1n) is 10.8. The summed E-state index contributed by atoms with van der Waals surface area (Å²) in [6, 6.07) is 14.4. The second-order valence-electron chi connectivity index (χ2n) is 8.42. The second-order valence-corrected chi connectivity index (χ2v) is 8.42. The van der Waals surface area contributed by atoms with Crippen molar-refractivity contribution < 1.29 is 9.59 Å². The number of hydrogen-bond acceptors (Lipinski definition) is 4. The number of nitrogens with one attached hydrogen (secondary N) is 1. The van der Waals surface area contributed by atoms with E-state index in [4.69, 9.17) is 5.73 Å². The number of benzene rings is 1. The van der Waals surface area contributed by atoms with Crippen LogP contribution in [0.3, 0.4) is 0 Å². The van der Waals surface area contributed by atoms with Crippen LogP contribution >= 0.6 is 0 Å². The van der Waals surface area contributed by atoms with Gasteiger partial charge in [-0.25, -0.2) is 0 Å². The van der Waals surface area contributed by atoms with E-state index in [0.717, 1.165) is 17.7 Å². The Morgan fingerprint density at radius 1 is 1.17 bits per heavy atom. The Labute approximate surface area is 178 Å². The van der Waals surface area contributed by atoms with Crippen LogP contribution in [0.1, 0.15) is 50.4 Å². The smallest absolute Gasteiger partial charge is 0.243 e. The molecule has 2 unspecified atom stereocenters. The molecule has 0 aliphatic carbocycles. The zero-order chi connectivity index (χ0) is 21.5. The van der Waals surface area contributed by atoms with Crippen LogP contribution in [-0.4, -0.2) is 40.3 Å². The molecule has 2 aromatic rings. The number of amides is 2. The van der Waals surface area contributed by atoms with E-state index >= 15 is 0 Å². The minimum absolute atomic E-state index is 0.123. The fraction of sp³-hybridized carbons (Fsp3) is 0.458. The highest BCUT2D eigenvalue weighted by molar-refractivity contribution is 5.90. The van der Waals surface area contributed by atoms with Crippen LogP contribution in [0.25, 0.3) is 0 Å². The van der Waals surface area contributed by atoms with Gasteiger partial charge in [0, 0.05) is 24.9 Å². The summed E-state index contributed by atoms with van der Waals surface area (Å²) in [6.45, 7) is 4.67. The molecule has 0 radical (unpaired) electrons. The largest absolute Gasteiger partial charge is 0.347 e. The van der Waals surface area contributed by atoms with Gasteiger partial charge in [0.1, 0.15) is 6.04 Å². The van der Waals surface area contributed by atoms with E-state index in [1.54, 1.807) is 11.1 Å². The first kappa shape index (κ1) is 22.0. The van der Waals surface area contributed by atoms with E-state index in [0.29, 0.717) is 31.7 Å². The van der Waals surface area contributed by atoms with Crippen molar-refractivity contribution in [3.63, 3.8) is 0 Å². The summed E-state index contributed by atoms with van der Waals surface area (Å²) in [7, 11) is 0. The van der Waals surface area contributed by atoms with Crippen molar-refractivity contribution in [1.82, 2.24) is 15.2 Å². The molecule has 1 saturated heterocycles. The molecule has 1 aliphatic rings. The summed E-state index contributed by atoms with van der Waals surface area (Å²) in [6.07, 6.45) is 4.44. The number of hydrogen-bond donors (Lipinski definition) is 2. The van der Waals surface area contributed by atoms with Crippen molar-refractivity contribution in [2.75, 3.05) is 6.54 Å². The van der Waals surface area contributed by atoms with E-state index in [1.807, 2.05) is 62.4 Å². The molecule has 6 nitrogen and oxygen atoms in total. The molecule has 1 aromatic heterocycles. The lowest BCUT2D eigenvalue weighted by atomic mass is 10.0. The van der Waals surface area contributed by atoms with Crippen LogP contribution < -0.4 is 11.1 Å². The summed E-state index contributed by atoms with van der Waals surface area (Å²) in [5.74, 6) is 0.0874. The molecular weight excluding hydrogens is 376 g/mol. The summed E-state index contributed by atoms with van der Waals surface area (Å²) in [5.41, 5.74) is 8.05. The van der Waals surface area contributed by atoms with E-state index in [-0.39, 0.29) is 17.9 Å². The summed E-state index contributed by atoms with van der Waals surface area (Å²) in [5, 5.41) is 3.17. The number of pyridine rings is 1. The van der Waals surface area contributed by atoms with Crippen LogP contribution in [0, 0.1) is 5.92 Å². The molecule has 0 saturated carbocycles. The Kier molecular flexibility index (Phi) is 7.57. The van der Waals surface area contributed by atoms with Gasteiger partial charge in [-0.3, -0.25) is 14.6 Å². The number of nitrogens with zero attached hydrogens (tertiary/aromatic N) is 2. The molecule has 1 aliphatic heterocycles. The van der Waals surface area contributed by atoms with Gasteiger partial charge in [-0.15, -0.1) is 0 Å². The van der Waals surface area contributed by atoms with Crippen molar-refractivity contribution in [1.29, 1.82) is 0 Å². The van der Waals surface area contributed by atoms with Crippen LogP contribution in [0.15, 0.2) is 54.7 Å². The average molecular weight is 409 g/mol. The second kappa shape index (κ2) is 10.3. The molecule has 6 heteroatoms. The molecule has 30 heavy (non-hydrogen) atoms. The SMILES string of the molecule is CC(C)CC(N)C(=O)N1CCCC1C(=O)N[C@@H](Cc1ccccn1)c1ccccc1. The number of carbonyl (C=O) groups excluding carboxylic acids is 2. The lowest BCUT2D eigenvalue weighted by molar-refractivity contribution is -0.140. The minimum Gasteiger partial charge on any atom is -0.347 e. The van der Waals surface area contributed by atoms with Crippen LogP contribution in [0.2, 0.25) is 0 Å². The molecule has 160 valence electrons. The van der Waals surface area contributed by atoms with Gasteiger partial charge in [-0.1, -0.05) is 50.2 Å². The minimum atomic E-state index is -0.558. The number of nitrogens with two attached hydrogens (primary N) is 1. The van der Waals surface area contributed by atoms with Gasteiger partial charge in [-0.05, 0) is 42.9 Å². The number of rotatable bonds is 8. The number of aromatic nitrogens is 1. The topological polar surface area (TPSA) is 88.3 Å². The normalized spacial score (nSPS) is 18.3. The first-order chi connectivity index (χ1) is 14.5. The highest BCUT2D eigenvalue weighted by Gasteiger charge is 2.37. The molecule has 1 aromatic carbocycles. The monoisotopic (exact) mass is 408 g/mol. The van der Waals surface area contributed by atoms with Crippen molar-refractivity contribution in [2.45, 2.75) is 57.7 Å². The first-order valence-corrected chi connectivity index (χ1v) is 10.8. The number of carbonyl (C=O) groups is 2. The Balaban J connectivity index is 1.73.